The van der Waals surface area contributed by atoms with E-state index in [0.717, 1.165) is 96.3 Å². The number of rotatable bonds is 10. The molecule has 0 amide bonds. The largest absolute Gasteiger partial charge is 0.512 e. The van der Waals surface area contributed by atoms with Gasteiger partial charge in [-0.15, -0.1) is 0 Å². The molecule has 0 aliphatic heterocycles. The van der Waals surface area contributed by atoms with Gasteiger partial charge in [0.1, 0.15) is 0 Å². The van der Waals surface area contributed by atoms with Crippen LogP contribution in [0.2, 0.25) is 0 Å². The molecule has 6 nitrogen and oxygen atoms in total. The van der Waals surface area contributed by atoms with Crippen LogP contribution in [0.25, 0.3) is 0 Å². The van der Waals surface area contributed by atoms with Crippen LogP contribution in [-0.4, -0.2) is 54.2 Å². The van der Waals surface area contributed by atoms with Gasteiger partial charge in [0.05, 0.1) is 24.4 Å². The predicted molar refractivity (Wildman–Crippen MR) is 146 cm³/mol. The van der Waals surface area contributed by atoms with Gasteiger partial charge in [0, 0.05) is 0 Å². The summed E-state index contributed by atoms with van der Waals surface area (Å²) in [6, 6.07) is 0. The van der Waals surface area contributed by atoms with E-state index in [4.69, 9.17) is 0 Å². The second-order valence-corrected chi connectivity index (χ2v) is 19.3. The molecule has 0 aromatic rings. The summed E-state index contributed by atoms with van der Waals surface area (Å²) in [5.41, 5.74) is -15.6. The fourth-order valence-electron chi connectivity index (χ4n) is 7.29. The number of nitrogens with zero attached hydrogens (tertiary/aromatic N) is 1. The van der Waals surface area contributed by atoms with Crippen LogP contribution in [0.5, 0.6) is 0 Å². The molecular weight excluding hydrogens is 601 g/mol. The van der Waals surface area contributed by atoms with Crippen molar-refractivity contribution in [2.75, 3.05) is 0 Å². The van der Waals surface area contributed by atoms with Crippen LogP contribution in [0.4, 0.5) is 26.3 Å². The molecule has 3 aliphatic carbocycles. The van der Waals surface area contributed by atoms with Crippen LogP contribution >= 0.6 is 7.41 Å². The van der Waals surface area contributed by atoms with Crippen molar-refractivity contribution in [3.63, 3.8) is 0 Å². The zero-order chi connectivity index (χ0) is 30.0. The number of nitrogens with one attached hydrogen (secondary N) is 1. The highest BCUT2D eigenvalue weighted by atomic mass is 32.3. The molecule has 0 bridgehead atoms. The molecule has 0 heterocycles. The molecule has 3 saturated carbocycles. The maximum Gasteiger partial charge on any atom is 0.512 e. The standard InChI is InChI=1S/C25H42F6N2O4PS2/c1-3-23(4-2,33(39(34,35)24(26,27)28)40(36,37)25(29,30)31)32-38(20-14-8-5-9-15-20,21-16-10-6-11-17-21)22-18-12-7-13-19-22/h3,20-22,32H,1,4-19H2,2H3/q+1. The van der Waals surface area contributed by atoms with Gasteiger partial charge in [0.25, 0.3) is 0 Å². The highest BCUT2D eigenvalue weighted by molar-refractivity contribution is 8.04. The maximum absolute atomic E-state index is 14.0. The lowest BCUT2D eigenvalue weighted by molar-refractivity contribution is -0.0563. The van der Waals surface area contributed by atoms with Crippen molar-refractivity contribution in [1.29, 1.82) is 0 Å². The normalized spacial score (nSPS) is 23.7. The topological polar surface area (TPSA) is 83.6 Å². The summed E-state index contributed by atoms with van der Waals surface area (Å²) in [5, 5.41) is 3.21. The molecule has 1 unspecified atom stereocenters. The molecular formula is C25H42F6N2O4PS2+. The lowest BCUT2D eigenvalue weighted by Crippen LogP contribution is -2.66. The van der Waals surface area contributed by atoms with Gasteiger partial charge in [-0.25, -0.2) is 16.8 Å². The minimum absolute atomic E-state index is 0.0534. The van der Waals surface area contributed by atoms with Gasteiger partial charge in [-0.3, -0.25) is 0 Å². The molecule has 0 spiro atoms. The second kappa shape index (κ2) is 12.7. The van der Waals surface area contributed by atoms with Crippen molar-refractivity contribution in [3.05, 3.63) is 12.7 Å². The third kappa shape index (κ3) is 6.26. The van der Waals surface area contributed by atoms with Crippen molar-refractivity contribution in [2.45, 2.75) is 143 Å². The first kappa shape index (κ1) is 34.1. The predicted octanol–water partition coefficient (Wildman–Crippen LogP) is 7.80. The van der Waals surface area contributed by atoms with E-state index in [-0.39, 0.29) is 17.0 Å². The Morgan fingerprint density at radius 1 is 0.700 bits per heavy atom. The Morgan fingerprint density at radius 2 is 1.00 bits per heavy atom. The van der Waals surface area contributed by atoms with E-state index < -0.39 is 54.3 Å². The summed E-state index contributed by atoms with van der Waals surface area (Å²) in [6.45, 7) is 4.69. The molecule has 0 saturated heterocycles. The molecule has 3 aliphatic rings. The Morgan fingerprint density at radius 3 is 1.23 bits per heavy atom. The number of hydrogen-bond acceptors (Lipinski definition) is 5. The maximum atomic E-state index is 14.0. The fraction of sp³-hybridized carbons (Fsp3) is 0.920. The Hall–Kier alpha value is -0.430. The first-order chi connectivity index (χ1) is 18.5. The molecule has 0 aromatic carbocycles. The van der Waals surface area contributed by atoms with Crippen molar-refractivity contribution in [2.24, 2.45) is 0 Å². The Kier molecular flexibility index (Phi) is 10.8. The third-order valence-corrected chi connectivity index (χ3v) is 19.0. The number of hydrogen-bond donors (Lipinski definition) is 1. The molecule has 234 valence electrons. The van der Waals surface area contributed by atoms with Gasteiger partial charge in [-0.05, 0) is 83.5 Å². The quantitative estimate of drug-likeness (QED) is 0.114. The van der Waals surface area contributed by atoms with Crippen LogP contribution in [-0.2, 0) is 20.0 Å². The lowest BCUT2D eigenvalue weighted by Gasteiger charge is -2.53. The highest BCUT2D eigenvalue weighted by Gasteiger charge is 2.70. The SMILES string of the molecule is C=CC(CC)(N[P+](C1CCCCC1)(C1CCCCC1)C1CCCCC1)N(S(=O)(=O)C(F)(F)F)S(=O)(=O)C(F)(F)F. The monoisotopic (exact) mass is 643 g/mol. The van der Waals surface area contributed by atoms with Gasteiger partial charge in [0.15, 0.2) is 5.66 Å². The Balaban J connectivity index is 2.35. The van der Waals surface area contributed by atoms with Gasteiger partial charge in [-0.2, -0.15) is 31.4 Å². The molecule has 3 rings (SSSR count). The van der Waals surface area contributed by atoms with Gasteiger partial charge < -0.3 is 0 Å². The molecule has 15 heteroatoms. The third-order valence-electron chi connectivity index (χ3n) is 9.15. The van der Waals surface area contributed by atoms with Crippen LogP contribution in [0.3, 0.4) is 0 Å². The van der Waals surface area contributed by atoms with E-state index in [2.05, 4.69) is 11.7 Å². The minimum atomic E-state index is -7.02. The summed E-state index contributed by atoms with van der Waals surface area (Å²) in [6.07, 6.45) is 12.3. The fourth-order valence-corrected chi connectivity index (χ4v) is 17.7. The highest BCUT2D eigenvalue weighted by Crippen LogP contribution is 2.75. The number of halogens is 6. The van der Waals surface area contributed by atoms with Crippen molar-refractivity contribution < 1.29 is 43.2 Å². The van der Waals surface area contributed by atoms with Gasteiger partial charge >= 0.3 is 31.1 Å². The molecule has 0 radical (unpaired) electrons. The lowest BCUT2D eigenvalue weighted by atomic mass is 9.99. The van der Waals surface area contributed by atoms with E-state index in [1.165, 1.54) is 6.92 Å². The number of sulfonamides is 2. The van der Waals surface area contributed by atoms with E-state index in [1.807, 2.05) is 0 Å². The Bertz CT molecular complexity index is 992. The summed E-state index contributed by atoms with van der Waals surface area (Å²) >= 11 is 0. The van der Waals surface area contributed by atoms with Crippen LogP contribution in [0.15, 0.2) is 12.7 Å². The van der Waals surface area contributed by atoms with Gasteiger partial charge in [0.2, 0.25) is 0 Å². The van der Waals surface area contributed by atoms with Crippen LogP contribution in [0.1, 0.15) is 110 Å². The molecule has 40 heavy (non-hydrogen) atoms. The average Bonchev–Trinajstić information content (AvgIpc) is 2.91. The van der Waals surface area contributed by atoms with Gasteiger partial charge in [-0.1, -0.05) is 42.6 Å². The van der Waals surface area contributed by atoms with E-state index in [9.17, 15) is 43.2 Å². The second-order valence-electron chi connectivity index (χ2n) is 11.4. The smallest absolute Gasteiger partial charge is 0.202 e. The molecule has 3 fully saturated rings. The minimum Gasteiger partial charge on any atom is -0.202 e. The zero-order valence-electron chi connectivity index (χ0n) is 22.9. The summed E-state index contributed by atoms with van der Waals surface area (Å²) in [7, 11) is -16.8. The molecule has 0 aromatic heterocycles. The van der Waals surface area contributed by atoms with Crippen molar-refractivity contribution >= 4 is 27.5 Å². The van der Waals surface area contributed by atoms with E-state index in [0.29, 0.717) is 6.08 Å². The molecule has 1 atom stereocenters. The Labute approximate surface area is 235 Å². The van der Waals surface area contributed by atoms with E-state index >= 15 is 0 Å². The van der Waals surface area contributed by atoms with Crippen molar-refractivity contribution in [1.82, 2.24) is 8.80 Å². The van der Waals surface area contributed by atoms with Crippen LogP contribution < -0.4 is 5.09 Å². The summed E-state index contributed by atoms with van der Waals surface area (Å²) in [4.78, 5) is 0. The van der Waals surface area contributed by atoms with Crippen LogP contribution in [0, 0.1) is 0 Å². The first-order valence-electron chi connectivity index (χ1n) is 14.3. The first-order valence-corrected chi connectivity index (χ1v) is 19.1. The average molecular weight is 644 g/mol. The number of alkyl halides is 6. The summed E-state index contributed by atoms with van der Waals surface area (Å²) in [5.74, 6) is 0. The zero-order valence-corrected chi connectivity index (χ0v) is 25.5. The van der Waals surface area contributed by atoms with E-state index in [1.54, 1.807) is 0 Å². The van der Waals surface area contributed by atoms with Crippen molar-refractivity contribution in [3.8, 4) is 0 Å². The molecule has 1 N–H and O–H groups in total. The summed E-state index contributed by atoms with van der Waals surface area (Å²) < 4.78 is 134.